The molecular weight excluding hydrogens is 172 g/mol. The van der Waals surface area contributed by atoms with Gasteiger partial charge in [-0.05, 0) is 32.9 Å². The molecule has 0 aromatic rings. The lowest BCUT2D eigenvalue weighted by atomic mass is 10.1. The Labute approximate surface area is 89.1 Å². The maximum absolute atomic E-state index is 3.79. The lowest BCUT2D eigenvalue weighted by molar-refractivity contribution is 0.364. The lowest BCUT2D eigenvalue weighted by Crippen LogP contribution is -2.39. The average molecular weight is 198 g/mol. The second kappa shape index (κ2) is 6.41. The van der Waals surface area contributed by atoms with E-state index < -0.39 is 0 Å². The van der Waals surface area contributed by atoms with Gasteiger partial charge in [-0.15, -0.1) is 0 Å². The van der Waals surface area contributed by atoms with Gasteiger partial charge in [-0.25, -0.2) is 0 Å². The number of likely N-dealkylation sites (N-methyl/N-ethyl adjacent to an activating group) is 1. The molecule has 0 aliphatic carbocycles. The summed E-state index contributed by atoms with van der Waals surface area (Å²) in [4.78, 5) is 2.42. The smallest absolute Gasteiger partial charge is 0.0209 e. The summed E-state index contributed by atoms with van der Waals surface area (Å²) < 4.78 is 0. The van der Waals surface area contributed by atoms with Crippen molar-refractivity contribution in [1.29, 1.82) is 0 Å². The zero-order chi connectivity index (χ0) is 10.4. The number of nitrogens with zero attached hydrogens (tertiary/aromatic N) is 1. The predicted octanol–water partition coefficient (Wildman–Crippen LogP) is 2.25. The summed E-state index contributed by atoms with van der Waals surface area (Å²) in [5.74, 6) is 0. The number of likely N-dealkylation sites (tertiary alicyclic amines) is 1. The van der Waals surface area contributed by atoms with E-state index >= 15 is 0 Å². The first-order valence-corrected chi connectivity index (χ1v) is 6.20. The normalized spacial score (nSPS) is 25.5. The third kappa shape index (κ3) is 3.97. The fourth-order valence-corrected chi connectivity index (χ4v) is 2.26. The second-order valence-electron chi connectivity index (χ2n) is 4.66. The Morgan fingerprint density at radius 2 is 2.21 bits per heavy atom. The maximum atomic E-state index is 3.79. The van der Waals surface area contributed by atoms with Crippen LogP contribution in [0.2, 0.25) is 0 Å². The monoisotopic (exact) mass is 198 g/mol. The number of rotatable bonds is 6. The van der Waals surface area contributed by atoms with E-state index in [0.29, 0.717) is 0 Å². The van der Waals surface area contributed by atoms with Crippen molar-refractivity contribution in [3.63, 3.8) is 0 Å². The number of hydrogen-bond donors (Lipinski definition) is 1. The number of unbranched alkanes of at least 4 members (excludes halogenated alkanes) is 1. The molecule has 0 aromatic heterocycles. The third-order valence-corrected chi connectivity index (χ3v) is 3.26. The summed E-state index contributed by atoms with van der Waals surface area (Å²) in [6, 6.07) is 1.51. The van der Waals surface area contributed by atoms with Crippen molar-refractivity contribution in [1.82, 2.24) is 10.2 Å². The number of nitrogens with one attached hydrogen (secondary N) is 1. The Bertz CT molecular complexity index is 147. The molecule has 1 rings (SSSR count). The van der Waals surface area contributed by atoms with Gasteiger partial charge in [-0.2, -0.15) is 0 Å². The van der Waals surface area contributed by atoms with Gasteiger partial charge < -0.3 is 10.2 Å². The zero-order valence-electron chi connectivity index (χ0n) is 10.1. The summed E-state index contributed by atoms with van der Waals surface area (Å²) in [6.07, 6.45) is 6.66. The minimum atomic E-state index is 0.752. The quantitative estimate of drug-likeness (QED) is 0.704. The first-order chi connectivity index (χ1) is 6.76. The van der Waals surface area contributed by atoms with Gasteiger partial charge in [0.25, 0.3) is 0 Å². The van der Waals surface area contributed by atoms with Gasteiger partial charge in [0.15, 0.2) is 0 Å². The van der Waals surface area contributed by atoms with Gasteiger partial charge in [0.1, 0.15) is 0 Å². The summed E-state index contributed by atoms with van der Waals surface area (Å²) in [6.45, 7) is 7.08. The molecule has 0 saturated carbocycles. The van der Waals surface area contributed by atoms with Gasteiger partial charge in [0, 0.05) is 18.6 Å². The van der Waals surface area contributed by atoms with E-state index in [0.717, 1.165) is 12.1 Å². The molecule has 1 N–H and O–H groups in total. The van der Waals surface area contributed by atoms with Crippen molar-refractivity contribution in [3.8, 4) is 0 Å². The molecule has 1 saturated heterocycles. The van der Waals surface area contributed by atoms with E-state index in [9.17, 15) is 0 Å². The highest BCUT2D eigenvalue weighted by molar-refractivity contribution is 4.81. The van der Waals surface area contributed by atoms with Gasteiger partial charge in [0.2, 0.25) is 0 Å². The molecule has 2 nitrogen and oxygen atoms in total. The van der Waals surface area contributed by atoms with Crippen LogP contribution in [0.15, 0.2) is 0 Å². The van der Waals surface area contributed by atoms with Gasteiger partial charge in [0.05, 0.1) is 0 Å². The Kier molecular flexibility index (Phi) is 5.49. The first-order valence-electron chi connectivity index (χ1n) is 6.20. The molecule has 84 valence electrons. The van der Waals surface area contributed by atoms with Crippen molar-refractivity contribution in [2.24, 2.45) is 0 Å². The first kappa shape index (κ1) is 12.0. The van der Waals surface area contributed by atoms with Crippen LogP contribution in [0.1, 0.15) is 46.0 Å². The molecule has 1 aliphatic rings. The molecule has 1 heterocycles. The van der Waals surface area contributed by atoms with Gasteiger partial charge >= 0.3 is 0 Å². The minimum absolute atomic E-state index is 0.752. The van der Waals surface area contributed by atoms with Crippen molar-refractivity contribution in [3.05, 3.63) is 0 Å². The Hall–Kier alpha value is -0.0800. The third-order valence-electron chi connectivity index (χ3n) is 3.26. The van der Waals surface area contributed by atoms with Crippen LogP contribution in [0.5, 0.6) is 0 Å². The maximum Gasteiger partial charge on any atom is 0.0209 e. The van der Waals surface area contributed by atoms with E-state index in [1.54, 1.807) is 0 Å². The van der Waals surface area contributed by atoms with Crippen LogP contribution < -0.4 is 5.32 Å². The Balaban J connectivity index is 2.19. The molecule has 2 atom stereocenters. The molecule has 1 fully saturated rings. The predicted molar refractivity (Wildman–Crippen MR) is 62.6 cm³/mol. The van der Waals surface area contributed by atoms with E-state index in [4.69, 9.17) is 0 Å². The van der Waals surface area contributed by atoms with Crippen LogP contribution in [0.25, 0.3) is 0 Å². The minimum Gasteiger partial charge on any atom is -0.310 e. The molecule has 2 heteroatoms. The van der Waals surface area contributed by atoms with Crippen molar-refractivity contribution < 1.29 is 0 Å². The number of hydrogen-bond acceptors (Lipinski definition) is 2. The largest absolute Gasteiger partial charge is 0.310 e. The second-order valence-corrected chi connectivity index (χ2v) is 4.66. The van der Waals surface area contributed by atoms with Crippen LogP contribution in [0.4, 0.5) is 0 Å². The highest BCUT2D eigenvalue weighted by atomic mass is 15.2. The molecule has 0 bridgehead atoms. The molecule has 0 unspecified atom stereocenters. The van der Waals surface area contributed by atoms with Crippen LogP contribution in [0.3, 0.4) is 0 Å². The topological polar surface area (TPSA) is 15.3 Å². The highest BCUT2D eigenvalue weighted by Gasteiger charge is 2.21. The molecule has 0 radical (unpaired) electrons. The van der Waals surface area contributed by atoms with Crippen molar-refractivity contribution in [2.75, 3.05) is 20.1 Å². The van der Waals surface area contributed by atoms with Gasteiger partial charge in [-0.3, -0.25) is 0 Å². The SMILES string of the molecule is CCCC[C@H](CC)N[C@H]1CCN(C)C1. The highest BCUT2D eigenvalue weighted by Crippen LogP contribution is 2.11. The van der Waals surface area contributed by atoms with Crippen molar-refractivity contribution in [2.45, 2.75) is 58.0 Å². The van der Waals surface area contributed by atoms with Gasteiger partial charge in [-0.1, -0.05) is 26.7 Å². The van der Waals surface area contributed by atoms with Crippen LogP contribution >= 0.6 is 0 Å². The lowest BCUT2D eigenvalue weighted by Gasteiger charge is -2.21. The molecule has 0 spiro atoms. The summed E-state index contributed by atoms with van der Waals surface area (Å²) in [5, 5.41) is 3.79. The molecule has 1 aliphatic heterocycles. The van der Waals surface area contributed by atoms with E-state index in [1.165, 1.54) is 45.2 Å². The molecule has 0 amide bonds. The zero-order valence-corrected chi connectivity index (χ0v) is 10.1. The van der Waals surface area contributed by atoms with Crippen LogP contribution in [-0.2, 0) is 0 Å². The fraction of sp³-hybridized carbons (Fsp3) is 1.00. The Morgan fingerprint density at radius 1 is 1.43 bits per heavy atom. The summed E-state index contributed by atoms with van der Waals surface area (Å²) in [7, 11) is 2.22. The summed E-state index contributed by atoms with van der Waals surface area (Å²) >= 11 is 0. The van der Waals surface area contributed by atoms with E-state index in [1.807, 2.05) is 0 Å². The van der Waals surface area contributed by atoms with Crippen LogP contribution in [-0.4, -0.2) is 37.1 Å². The van der Waals surface area contributed by atoms with E-state index in [-0.39, 0.29) is 0 Å². The molecule has 0 aromatic carbocycles. The van der Waals surface area contributed by atoms with E-state index in [2.05, 4.69) is 31.1 Å². The Morgan fingerprint density at radius 3 is 2.71 bits per heavy atom. The van der Waals surface area contributed by atoms with Crippen molar-refractivity contribution >= 4 is 0 Å². The standard InChI is InChI=1S/C12H26N2/c1-4-6-7-11(5-2)13-12-8-9-14(3)10-12/h11-13H,4-10H2,1-3H3/t11-,12-/m0/s1. The van der Waals surface area contributed by atoms with Crippen LogP contribution in [0, 0.1) is 0 Å². The summed E-state index contributed by atoms with van der Waals surface area (Å²) in [5.41, 5.74) is 0. The fourth-order valence-electron chi connectivity index (χ4n) is 2.26. The molecule has 14 heavy (non-hydrogen) atoms. The molecular formula is C12H26N2. The average Bonchev–Trinajstić information content (AvgIpc) is 2.58.